The van der Waals surface area contributed by atoms with Crippen LogP contribution in [0.4, 0.5) is 18.0 Å². The van der Waals surface area contributed by atoms with Crippen molar-refractivity contribution >= 4 is 12.2 Å². The SMILES string of the molecule is NC(=O)NN=Cc1ccccc1C(F)(F)F. The maximum absolute atomic E-state index is 12.5. The minimum atomic E-state index is -4.46. The molecule has 0 heterocycles. The summed E-state index contributed by atoms with van der Waals surface area (Å²) in [6, 6.07) is 3.91. The summed E-state index contributed by atoms with van der Waals surface area (Å²) < 4.78 is 37.4. The summed E-state index contributed by atoms with van der Waals surface area (Å²) in [4.78, 5) is 10.2. The molecular weight excluding hydrogens is 223 g/mol. The van der Waals surface area contributed by atoms with Gasteiger partial charge in [0.25, 0.3) is 0 Å². The first kappa shape index (κ1) is 12.0. The van der Waals surface area contributed by atoms with Crippen LogP contribution >= 0.6 is 0 Å². The molecule has 4 nitrogen and oxygen atoms in total. The highest BCUT2D eigenvalue weighted by atomic mass is 19.4. The van der Waals surface area contributed by atoms with Crippen LogP contribution in [0.3, 0.4) is 0 Å². The monoisotopic (exact) mass is 231 g/mol. The van der Waals surface area contributed by atoms with Gasteiger partial charge in [0.2, 0.25) is 0 Å². The van der Waals surface area contributed by atoms with Gasteiger partial charge in [-0.2, -0.15) is 18.3 Å². The number of hydrogen-bond acceptors (Lipinski definition) is 2. The molecule has 2 amide bonds. The molecule has 7 heteroatoms. The topological polar surface area (TPSA) is 67.5 Å². The number of alkyl halides is 3. The lowest BCUT2D eigenvalue weighted by atomic mass is 10.1. The molecule has 0 aliphatic heterocycles. The Morgan fingerprint density at radius 3 is 2.56 bits per heavy atom. The van der Waals surface area contributed by atoms with Crippen molar-refractivity contribution in [2.45, 2.75) is 6.18 Å². The first-order valence-electron chi connectivity index (χ1n) is 4.16. The van der Waals surface area contributed by atoms with Crippen molar-refractivity contribution in [3.63, 3.8) is 0 Å². The number of nitrogens with two attached hydrogens (primary N) is 1. The van der Waals surface area contributed by atoms with Crippen LogP contribution in [0, 0.1) is 0 Å². The zero-order chi connectivity index (χ0) is 12.2. The minimum Gasteiger partial charge on any atom is -0.350 e. The normalized spacial score (nSPS) is 11.7. The molecule has 0 aliphatic carbocycles. The molecular formula is C9H8F3N3O. The lowest BCUT2D eigenvalue weighted by Gasteiger charge is -2.08. The summed E-state index contributed by atoms with van der Waals surface area (Å²) in [5.74, 6) is 0. The minimum absolute atomic E-state index is 0.149. The van der Waals surface area contributed by atoms with Gasteiger partial charge in [0.15, 0.2) is 0 Å². The number of carbonyl (C=O) groups excluding carboxylic acids is 1. The van der Waals surface area contributed by atoms with Crippen LogP contribution in [0.5, 0.6) is 0 Å². The highest BCUT2D eigenvalue weighted by Crippen LogP contribution is 2.30. The summed E-state index contributed by atoms with van der Waals surface area (Å²) in [5.41, 5.74) is 5.53. The Hall–Kier alpha value is -2.05. The lowest BCUT2D eigenvalue weighted by molar-refractivity contribution is -0.137. The number of hydrogen-bond donors (Lipinski definition) is 2. The fourth-order valence-corrected chi connectivity index (χ4v) is 1.03. The molecule has 0 fully saturated rings. The summed E-state index contributed by atoms with van der Waals surface area (Å²) in [6.45, 7) is 0. The molecule has 0 aromatic heterocycles. The number of amides is 2. The highest BCUT2D eigenvalue weighted by molar-refractivity contribution is 5.83. The molecule has 1 rings (SSSR count). The number of benzene rings is 1. The van der Waals surface area contributed by atoms with Crippen LogP contribution in [0.25, 0.3) is 0 Å². The first-order valence-corrected chi connectivity index (χ1v) is 4.16. The van der Waals surface area contributed by atoms with Crippen molar-refractivity contribution < 1.29 is 18.0 Å². The van der Waals surface area contributed by atoms with Gasteiger partial charge in [0.05, 0.1) is 11.8 Å². The summed E-state index contributed by atoms with van der Waals surface area (Å²) in [7, 11) is 0. The molecule has 0 bridgehead atoms. The summed E-state index contributed by atoms with van der Waals surface area (Å²) in [6.07, 6.45) is -3.58. The van der Waals surface area contributed by atoms with E-state index in [0.717, 1.165) is 12.3 Å². The smallest absolute Gasteiger partial charge is 0.350 e. The van der Waals surface area contributed by atoms with Crippen LogP contribution in [0.1, 0.15) is 11.1 Å². The molecule has 0 unspecified atom stereocenters. The second kappa shape index (κ2) is 4.65. The van der Waals surface area contributed by atoms with Crippen molar-refractivity contribution in [2.24, 2.45) is 10.8 Å². The van der Waals surface area contributed by atoms with Crippen molar-refractivity contribution in [1.29, 1.82) is 0 Å². The van der Waals surface area contributed by atoms with Gasteiger partial charge in [0, 0.05) is 5.56 Å². The number of urea groups is 1. The van der Waals surface area contributed by atoms with E-state index in [2.05, 4.69) is 5.10 Å². The molecule has 0 atom stereocenters. The van der Waals surface area contributed by atoms with E-state index in [0.29, 0.717) is 0 Å². The van der Waals surface area contributed by atoms with Gasteiger partial charge in [0.1, 0.15) is 0 Å². The van der Waals surface area contributed by atoms with Gasteiger partial charge < -0.3 is 5.73 Å². The summed E-state index contributed by atoms with van der Waals surface area (Å²) >= 11 is 0. The third-order valence-electron chi connectivity index (χ3n) is 1.64. The van der Waals surface area contributed by atoms with E-state index < -0.39 is 17.8 Å². The first-order chi connectivity index (χ1) is 7.41. The van der Waals surface area contributed by atoms with Crippen LogP contribution in [0.15, 0.2) is 29.4 Å². The third kappa shape index (κ3) is 3.26. The molecule has 1 aromatic rings. The number of halogens is 3. The zero-order valence-corrected chi connectivity index (χ0v) is 7.95. The Bertz CT molecular complexity index is 415. The van der Waals surface area contributed by atoms with E-state index in [1.54, 1.807) is 0 Å². The van der Waals surface area contributed by atoms with E-state index in [4.69, 9.17) is 5.73 Å². The number of primary amides is 1. The van der Waals surface area contributed by atoms with Crippen molar-refractivity contribution in [2.75, 3.05) is 0 Å². The number of carbonyl (C=O) groups is 1. The summed E-state index contributed by atoms with van der Waals surface area (Å²) in [5, 5.41) is 3.27. The van der Waals surface area contributed by atoms with E-state index in [1.807, 2.05) is 5.43 Å². The lowest BCUT2D eigenvalue weighted by Crippen LogP contribution is -2.24. The Morgan fingerprint density at radius 1 is 1.38 bits per heavy atom. The number of rotatable bonds is 2. The second-order valence-electron chi connectivity index (χ2n) is 2.82. The molecule has 1 aromatic carbocycles. The van der Waals surface area contributed by atoms with Crippen molar-refractivity contribution in [3.8, 4) is 0 Å². The largest absolute Gasteiger partial charge is 0.417 e. The number of hydrazone groups is 1. The average Bonchev–Trinajstić information content (AvgIpc) is 2.16. The van der Waals surface area contributed by atoms with Gasteiger partial charge in [-0.05, 0) is 6.07 Å². The maximum atomic E-state index is 12.5. The predicted octanol–water partition coefficient (Wildman–Crippen LogP) is 1.71. The highest BCUT2D eigenvalue weighted by Gasteiger charge is 2.32. The van der Waals surface area contributed by atoms with E-state index >= 15 is 0 Å². The molecule has 0 saturated heterocycles. The van der Waals surface area contributed by atoms with Crippen LogP contribution < -0.4 is 11.2 Å². The van der Waals surface area contributed by atoms with Gasteiger partial charge in [-0.15, -0.1) is 0 Å². The van der Waals surface area contributed by atoms with Crippen molar-refractivity contribution in [3.05, 3.63) is 35.4 Å². The van der Waals surface area contributed by atoms with E-state index in [1.165, 1.54) is 18.2 Å². The van der Waals surface area contributed by atoms with Gasteiger partial charge >= 0.3 is 12.2 Å². The number of nitrogens with one attached hydrogen (secondary N) is 1. The molecule has 0 aliphatic rings. The average molecular weight is 231 g/mol. The molecule has 0 saturated carbocycles. The molecule has 86 valence electrons. The second-order valence-corrected chi connectivity index (χ2v) is 2.82. The Labute approximate surface area is 88.9 Å². The van der Waals surface area contributed by atoms with Crippen LogP contribution in [-0.2, 0) is 6.18 Å². The Morgan fingerprint density at radius 2 is 2.00 bits per heavy atom. The molecule has 0 radical (unpaired) electrons. The number of nitrogens with zero attached hydrogens (tertiary/aromatic N) is 1. The maximum Gasteiger partial charge on any atom is 0.417 e. The predicted molar refractivity (Wildman–Crippen MR) is 51.8 cm³/mol. The standard InChI is InChI=1S/C9H8F3N3O/c10-9(11,12)7-4-2-1-3-6(7)5-14-15-8(13)16/h1-5H,(H3,13,15,16). The third-order valence-corrected chi connectivity index (χ3v) is 1.64. The molecule has 3 N–H and O–H groups in total. The molecule has 16 heavy (non-hydrogen) atoms. The Kier molecular flexibility index (Phi) is 3.49. The van der Waals surface area contributed by atoms with Gasteiger partial charge in [-0.3, -0.25) is 0 Å². The fraction of sp³-hybridized carbons (Fsp3) is 0.111. The van der Waals surface area contributed by atoms with Crippen LogP contribution in [-0.4, -0.2) is 12.2 Å². The van der Waals surface area contributed by atoms with E-state index in [-0.39, 0.29) is 5.56 Å². The van der Waals surface area contributed by atoms with Gasteiger partial charge in [-0.25, -0.2) is 10.2 Å². The molecule has 0 spiro atoms. The Balaban J connectivity index is 2.96. The quantitative estimate of drug-likeness (QED) is 0.590. The fourth-order valence-electron chi connectivity index (χ4n) is 1.03. The van der Waals surface area contributed by atoms with E-state index in [9.17, 15) is 18.0 Å². The zero-order valence-electron chi connectivity index (χ0n) is 7.95. The van der Waals surface area contributed by atoms with Crippen molar-refractivity contribution in [1.82, 2.24) is 5.43 Å². The van der Waals surface area contributed by atoms with Gasteiger partial charge in [-0.1, -0.05) is 18.2 Å². The van der Waals surface area contributed by atoms with Crippen LogP contribution in [0.2, 0.25) is 0 Å².